The molecule has 0 aliphatic carbocycles. The van der Waals surface area contributed by atoms with Crippen LogP contribution in [-0.2, 0) is 17.8 Å². The van der Waals surface area contributed by atoms with Crippen LogP contribution < -0.4 is 5.32 Å². The third-order valence-electron chi connectivity index (χ3n) is 4.37. The van der Waals surface area contributed by atoms with E-state index in [0.29, 0.717) is 29.7 Å². The Morgan fingerprint density at radius 2 is 2.10 bits per heavy atom. The van der Waals surface area contributed by atoms with Gasteiger partial charge in [-0.15, -0.1) is 0 Å². The lowest BCUT2D eigenvalue weighted by Gasteiger charge is -2.24. The fourth-order valence-electron chi connectivity index (χ4n) is 2.89. The molecule has 0 radical (unpaired) electrons. The van der Waals surface area contributed by atoms with Crippen molar-refractivity contribution in [3.05, 3.63) is 75.8 Å². The molecule has 1 aliphatic rings. The minimum Gasteiger partial charge on any atom is -0.334 e. The smallest absolute Gasteiger partial charge is 0.277 e. The predicted octanol–water partition coefficient (Wildman–Crippen LogP) is 3.44. The standard InChI is InChI=1S/C20H16ClN5O2S/c21-14-4-2-1-3-13(14)5-6-18(27)26-10-7-15-17(12-26)29-20(24-15)25-19(28)16-11-22-8-9-23-16/h1-6,8-9,11H,7,10,12H2,(H,24,25,28)/b6-5+. The van der Waals surface area contributed by atoms with Gasteiger partial charge in [-0.3, -0.25) is 19.9 Å². The fourth-order valence-corrected chi connectivity index (χ4v) is 4.11. The molecule has 2 aromatic heterocycles. The number of carbonyl (C=O) groups excluding carboxylic acids is 2. The van der Waals surface area contributed by atoms with E-state index in [1.165, 1.54) is 36.0 Å². The van der Waals surface area contributed by atoms with Gasteiger partial charge < -0.3 is 4.90 Å². The highest BCUT2D eigenvalue weighted by atomic mass is 35.5. The monoisotopic (exact) mass is 425 g/mol. The Balaban J connectivity index is 1.42. The molecule has 1 aliphatic heterocycles. The maximum atomic E-state index is 12.6. The van der Waals surface area contributed by atoms with Crippen LogP contribution in [0, 0.1) is 0 Å². The van der Waals surface area contributed by atoms with Crippen LogP contribution in [0.2, 0.25) is 5.02 Å². The normalized spacial score (nSPS) is 13.3. The Bertz CT molecular complexity index is 1080. The first kappa shape index (κ1) is 19.2. The average molecular weight is 426 g/mol. The molecule has 0 atom stereocenters. The van der Waals surface area contributed by atoms with Crippen LogP contribution in [0.5, 0.6) is 0 Å². The molecule has 1 aromatic carbocycles. The quantitative estimate of drug-likeness (QED) is 0.647. The van der Waals surface area contributed by atoms with Crippen molar-refractivity contribution in [3.63, 3.8) is 0 Å². The van der Waals surface area contributed by atoms with E-state index in [2.05, 4.69) is 20.3 Å². The molecule has 3 aromatic rings. The summed E-state index contributed by atoms with van der Waals surface area (Å²) in [4.78, 5) is 39.8. The molecule has 0 saturated heterocycles. The van der Waals surface area contributed by atoms with Crippen LogP contribution >= 0.6 is 22.9 Å². The number of fused-ring (bicyclic) bond motifs is 1. The number of nitrogens with one attached hydrogen (secondary N) is 1. The average Bonchev–Trinajstić information content (AvgIpc) is 3.15. The van der Waals surface area contributed by atoms with Gasteiger partial charge in [-0.1, -0.05) is 41.1 Å². The van der Waals surface area contributed by atoms with E-state index >= 15 is 0 Å². The summed E-state index contributed by atoms with van der Waals surface area (Å²) >= 11 is 7.49. The molecule has 29 heavy (non-hydrogen) atoms. The zero-order valence-electron chi connectivity index (χ0n) is 15.2. The van der Waals surface area contributed by atoms with E-state index in [-0.39, 0.29) is 17.5 Å². The molecule has 0 saturated carbocycles. The first-order valence-corrected chi connectivity index (χ1v) is 10.1. The molecule has 3 heterocycles. The number of hydrogen-bond donors (Lipinski definition) is 1. The van der Waals surface area contributed by atoms with Crippen LogP contribution in [-0.4, -0.2) is 38.2 Å². The van der Waals surface area contributed by atoms with Crippen molar-refractivity contribution in [2.45, 2.75) is 13.0 Å². The molecule has 146 valence electrons. The third-order valence-corrected chi connectivity index (χ3v) is 5.71. The highest BCUT2D eigenvalue weighted by Gasteiger charge is 2.23. The maximum absolute atomic E-state index is 12.6. The molecular formula is C20H16ClN5O2S. The molecule has 1 N–H and O–H groups in total. The van der Waals surface area contributed by atoms with Crippen molar-refractivity contribution in [2.24, 2.45) is 0 Å². The molecule has 0 spiro atoms. The van der Waals surface area contributed by atoms with E-state index in [9.17, 15) is 9.59 Å². The summed E-state index contributed by atoms with van der Waals surface area (Å²) < 4.78 is 0. The third kappa shape index (κ3) is 4.49. The predicted molar refractivity (Wildman–Crippen MR) is 112 cm³/mol. The van der Waals surface area contributed by atoms with Crippen LogP contribution in [0.3, 0.4) is 0 Å². The van der Waals surface area contributed by atoms with Gasteiger partial charge in [0.2, 0.25) is 5.91 Å². The Labute approximate surface area is 176 Å². The summed E-state index contributed by atoms with van der Waals surface area (Å²) in [5, 5.41) is 3.84. The van der Waals surface area contributed by atoms with E-state index in [1.54, 1.807) is 17.0 Å². The van der Waals surface area contributed by atoms with Crippen molar-refractivity contribution in [3.8, 4) is 0 Å². The molecule has 2 amide bonds. The second-order valence-electron chi connectivity index (χ2n) is 6.30. The highest BCUT2D eigenvalue weighted by Crippen LogP contribution is 2.29. The number of carbonyl (C=O) groups is 2. The summed E-state index contributed by atoms with van der Waals surface area (Å²) in [6, 6.07) is 7.36. The van der Waals surface area contributed by atoms with E-state index < -0.39 is 0 Å². The molecule has 0 fully saturated rings. The lowest BCUT2D eigenvalue weighted by Crippen LogP contribution is -2.34. The Hall–Kier alpha value is -3.10. The largest absolute Gasteiger partial charge is 0.334 e. The van der Waals surface area contributed by atoms with Crippen LogP contribution in [0.15, 0.2) is 48.9 Å². The van der Waals surface area contributed by atoms with E-state index in [4.69, 9.17) is 11.6 Å². The number of nitrogens with zero attached hydrogens (tertiary/aromatic N) is 4. The van der Waals surface area contributed by atoms with Crippen LogP contribution in [0.25, 0.3) is 6.08 Å². The second kappa shape index (κ2) is 8.50. The molecule has 9 heteroatoms. The van der Waals surface area contributed by atoms with E-state index in [1.807, 2.05) is 18.2 Å². The molecule has 0 unspecified atom stereocenters. The zero-order valence-corrected chi connectivity index (χ0v) is 16.8. The van der Waals surface area contributed by atoms with Crippen LogP contribution in [0.4, 0.5) is 5.13 Å². The number of aromatic nitrogens is 3. The Morgan fingerprint density at radius 3 is 2.90 bits per heavy atom. The number of anilines is 1. The SMILES string of the molecule is O=C(Nc1nc2c(s1)CN(C(=O)/C=C/c1ccccc1Cl)CC2)c1cnccn1. The minimum absolute atomic E-state index is 0.0888. The van der Waals surface area contributed by atoms with Gasteiger partial charge in [0.1, 0.15) is 5.69 Å². The molecule has 4 rings (SSSR count). The Kier molecular flexibility index (Phi) is 5.64. The molecule has 7 nitrogen and oxygen atoms in total. The zero-order chi connectivity index (χ0) is 20.2. The molecule has 0 bridgehead atoms. The number of rotatable bonds is 4. The summed E-state index contributed by atoms with van der Waals surface area (Å²) in [5.74, 6) is -0.450. The minimum atomic E-state index is -0.361. The summed E-state index contributed by atoms with van der Waals surface area (Å²) in [6.07, 6.45) is 8.25. The van der Waals surface area contributed by atoms with Gasteiger partial charge in [0, 0.05) is 41.3 Å². The van der Waals surface area contributed by atoms with Gasteiger partial charge in [0.25, 0.3) is 5.91 Å². The first-order chi connectivity index (χ1) is 14.1. The van der Waals surface area contributed by atoms with Crippen LogP contribution in [0.1, 0.15) is 26.6 Å². The Morgan fingerprint density at radius 1 is 1.24 bits per heavy atom. The summed E-state index contributed by atoms with van der Waals surface area (Å²) in [7, 11) is 0. The van der Waals surface area contributed by atoms with E-state index in [0.717, 1.165) is 16.1 Å². The number of thiazole rings is 1. The highest BCUT2D eigenvalue weighted by molar-refractivity contribution is 7.15. The number of benzene rings is 1. The second-order valence-corrected chi connectivity index (χ2v) is 7.79. The number of amides is 2. The van der Waals surface area contributed by atoms with Gasteiger partial charge >= 0.3 is 0 Å². The topological polar surface area (TPSA) is 88.1 Å². The fraction of sp³-hybridized carbons (Fsp3) is 0.150. The summed E-state index contributed by atoms with van der Waals surface area (Å²) in [6.45, 7) is 1.03. The maximum Gasteiger partial charge on any atom is 0.277 e. The van der Waals surface area contributed by atoms with Gasteiger partial charge in [-0.05, 0) is 17.7 Å². The summed E-state index contributed by atoms with van der Waals surface area (Å²) in [5.41, 5.74) is 1.93. The number of hydrogen-bond acceptors (Lipinski definition) is 6. The van der Waals surface area contributed by atoms with Gasteiger partial charge in [-0.25, -0.2) is 9.97 Å². The number of halogens is 1. The van der Waals surface area contributed by atoms with Crippen molar-refractivity contribution in [1.29, 1.82) is 0 Å². The first-order valence-electron chi connectivity index (χ1n) is 8.87. The van der Waals surface area contributed by atoms with Gasteiger partial charge in [0.15, 0.2) is 5.13 Å². The van der Waals surface area contributed by atoms with Crippen molar-refractivity contribution in [2.75, 3.05) is 11.9 Å². The van der Waals surface area contributed by atoms with Crippen molar-refractivity contribution in [1.82, 2.24) is 19.9 Å². The lowest BCUT2D eigenvalue weighted by atomic mass is 10.1. The molecular weight excluding hydrogens is 410 g/mol. The van der Waals surface area contributed by atoms with Gasteiger partial charge in [-0.2, -0.15) is 0 Å². The lowest BCUT2D eigenvalue weighted by molar-refractivity contribution is -0.126. The van der Waals surface area contributed by atoms with Crippen molar-refractivity contribution < 1.29 is 9.59 Å². The van der Waals surface area contributed by atoms with Crippen molar-refractivity contribution >= 4 is 46.0 Å². The van der Waals surface area contributed by atoms with Gasteiger partial charge in [0.05, 0.1) is 18.4 Å².